The van der Waals surface area contributed by atoms with E-state index >= 15 is 0 Å². The van der Waals surface area contributed by atoms with Gasteiger partial charge in [-0.05, 0) is 79.9 Å². The summed E-state index contributed by atoms with van der Waals surface area (Å²) < 4.78 is 0. The third-order valence-corrected chi connectivity index (χ3v) is 14.1. The molecule has 2 aromatic carbocycles. The first-order chi connectivity index (χ1) is 41.0. The number of benzene rings is 2. The number of nitrogens with zero attached hydrogens (tertiary/aromatic N) is 1. The first-order valence-electron chi connectivity index (χ1n) is 29.3. The first-order valence-corrected chi connectivity index (χ1v) is 29.3. The Balaban J connectivity index is 1.46. The zero-order valence-electron chi connectivity index (χ0n) is 51.0. The van der Waals surface area contributed by atoms with Crippen molar-refractivity contribution in [2.45, 2.75) is 174 Å². The van der Waals surface area contributed by atoms with Gasteiger partial charge in [-0.25, -0.2) is 4.98 Å². The normalized spacial score (nSPS) is 14.9. The third kappa shape index (κ3) is 23.6. The molecule has 0 saturated carbocycles. The molecule has 0 fully saturated rings. The number of primary amides is 2. The Morgan fingerprint density at radius 2 is 1.11 bits per heavy atom. The minimum atomic E-state index is -1.90. The second kappa shape index (κ2) is 34.4. The number of aromatic nitrogens is 3. The van der Waals surface area contributed by atoms with Crippen LogP contribution in [0.15, 0.2) is 73.3 Å². The van der Waals surface area contributed by atoms with Crippen LogP contribution in [0, 0.1) is 23.7 Å². The fourth-order valence-corrected chi connectivity index (χ4v) is 9.53. The largest absolute Gasteiger partial charge is 0.381 e. The van der Waals surface area contributed by atoms with Gasteiger partial charge >= 0.3 is 0 Å². The highest BCUT2D eigenvalue weighted by Gasteiger charge is 2.36. The topological polar surface area (TPSA) is 439 Å². The summed E-state index contributed by atoms with van der Waals surface area (Å²) in [6, 6.07) is 4.93. The molecule has 0 unspecified atom stereocenters. The maximum atomic E-state index is 14.3. The standard InChI is InChI=1S/C60H89N15O12/c1-31(2)21-43(51(78)60(87)74-45(23-33(5)6)57(84)72-44(52(63)79)22-32(3)4)71-58(85)47(26-38-28-64-30-67-38)69-49(77)29-66-59(86)50(34(7)8)75-53(80)35(9)68-56(83)46(25-37-27-65-41-18-14-13-17-39(37)41)73-55(82)42(19-20-48(62)76)70-54(81)40(61)24-36-15-11-10-12-16-36/h10-18,27-28,30-35,40,42-47,50-51,65,78H,19-26,29,61H2,1-9H3,(H2,62,76)(H2,63,79)(H,64,67)(H,66,86)(H,68,83)(H,69,77)(H,70,81)(H,71,85)(H,72,84)(H,73,82)(H,74,87)(H,75,80)/t35-,40+,42-,43-,44-,45-,46-,47-,50-,51+/m0/s1. The second-order valence-electron chi connectivity index (χ2n) is 23.5. The molecular weight excluding hydrogens is 1120 g/mol. The van der Waals surface area contributed by atoms with Gasteiger partial charge in [-0.2, -0.15) is 0 Å². The van der Waals surface area contributed by atoms with Crippen LogP contribution in [0.3, 0.4) is 0 Å². The van der Waals surface area contributed by atoms with Gasteiger partial charge in [0, 0.05) is 48.3 Å². The number of nitrogens with two attached hydrogens (primary N) is 3. The molecule has 0 radical (unpaired) electrons. The number of hydrogen-bond acceptors (Lipinski definition) is 14. The summed E-state index contributed by atoms with van der Waals surface area (Å²) in [4.78, 5) is 159. The van der Waals surface area contributed by atoms with Crippen molar-refractivity contribution in [2.75, 3.05) is 6.54 Å². The molecule has 4 rings (SSSR count). The Morgan fingerprint density at radius 3 is 1.72 bits per heavy atom. The fourth-order valence-electron chi connectivity index (χ4n) is 9.53. The van der Waals surface area contributed by atoms with Crippen LogP contribution >= 0.6 is 0 Å². The molecule has 0 aliphatic rings. The predicted molar refractivity (Wildman–Crippen MR) is 323 cm³/mol. The van der Waals surface area contributed by atoms with Crippen LogP contribution in [0.4, 0.5) is 0 Å². The average Bonchev–Trinajstić information content (AvgIpc) is 3.31. The molecule has 0 spiro atoms. The van der Waals surface area contributed by atoms with Crippen molar-refractivity contribution in [3.05, 3.63) is 90.1 Å². The number of fused-ring (bicyclic) bond motifs is 1. The van der Waals surface area contributed by atoms with Crippen molar-refractivity contribution in [1.82, 2.24) is 62.8 Å². The van der Waals surface area contributed by atoms with E-state index in [1.165, 1.54) is 19.4 Å². The molecule has 0 aliphatic carbocycles. The van der Waals surface area contributed by atoms with E-state index in [2.05, 4.69) is 62.8 Å². The van der Waals surface area contributed by atoms with Gasteiger partial charge in [0.1, 0.15) is 42.3 Å². The molecular formula is C60H89N15O12. The molecule has 11 amide bonds. The van der Waals surface area contributed by atoms with Crippen molar-refractivity contribution < 1.29 is 57.8 Å². The third-order valence-electron chi connectivity index (χ3n) is 14.1. The number of aliphatic hydroxyl groups is 1. The predicted octanol–water partition coefficient (Wildman–Crippen LogP) is -0.833. The highest BCUT2D eigenvalue weighted by molar-refractivity contribution is 5.98. The van der Waals surface area contributed by atoms with E-state index in [9.17, 15) is 57.8 Å². The highest BCUT2D eigenvalue weighted by Crippen LogP contribution is 2.20. The molecule has 0 saturated heterocycles. The van der Waals surface area contributed by atoms with E-state index in [0.29, 0.717) is 11.3 Å². The van der Waals surface area contributed by atoms with Gasteiger partial charge in [0.15, 0.2) is 6.10 Å². The monoisotopic (exact) mass is 1210 g/mol. The molecule has 10 atom stereocenters. The van der Waals surface area contributed by atoms with E-state index in [1.54, 1.807) is 70.3 Å². The summed E-state index contributed by atoms with van der Waals surface area (Å²) in [5.74, 6) is -9.72. The van der Waals surface area contributed by atoms with E-state index < -0.39 is 138 Å². The van der Waals surface area contributed by atoms with Gasteiger partial charge < -0.3 is 80.1 Å². The number of para-hydroxylation sites is 1. The van der Waals surface area contributed by atoms with Crippen LogP contribution < -0.4 is 65.1 Å². The van der Waals surface area contributed by atoms with Crippen LogP contribution in [0.25, 0.3) is 10.9 Å². The van der Waals surface area contributed by atoms with Gasteiger partial charge in [-0.3, -0.25) is 52.7 Å². The number of imidazole rings is 1. The Bertz CT molecular complexity index is 2970. The summed E-state index contributed by atoms with van der Waals surface area (Å²) in [6.07, 6.45) is 2.33. The quantitative estimate of drug-likeness (QED) is 0.0264. The summed E-state index contributed by atoms with van der Waals surface area (Å²) in [5.41, 5.74) is 19.8. The maximum Gasteiger partial charge on any atom is 0.251 e. The lowest BCUT2D eigenvalue weighted by molar-refractivity contribution is -0.137. The van der Waals surface area contributed by atoms with E-state index in [1.807, 2.05) is 45.9 Å². The number of H-pyrrole nitrogens is 2. The van der Waals surface area contributed by atoms with Crippen LogP contribution in [0.2, 0.25) is 0 Å². The lowest BCUT2D eigenvalue weighted by atomic mass is 9.96. The lowest BCUT2D eigenvalue weighted by Gasteiger charge is -2.29. The second-order valence-corrected chi connectivity index (χ2v) is 23.5. The van der Waals surface area contributed by atoms with E-state index in [4.69, 9.17) is 17.2 Å². The number of carbonyl (C=O) groups excluding carboxylic acids is 11. The molecule has 27 nitrogen and oxygen atoms in total. The number of amides is 11. The Hall–Kier alpha value is -8.72. The number of aromatic amines is 2. The Labute approximate surface area is 506 Å². The van der Waals surface area contributed by atoms with E-state index in [0.717, 1.165) is 16.5 Å². The van der Waals surface area contributed by atoms with Gasteiger partial charge in [-0.15, -0.1) is 0 Å². The van der Waals surface area contributed by atoms with Crippen LogP contribution in [-0.4, -0.2) is 152 Å². The molecule has 0 aliphatic heterocycles. The van der Waals surface area contributed by atoms with Crippen molar-refractivity contribution in [3.8, 4) is 0 Å². The van der Waals surface area contributed by atoms with Gasteiger partial charge in [-0.1, -0.05) is 104 Å². The Kier molecular flexibility index (Phi) is 28.0. The van der Waals surface area contributed by atoms with Crippen molar-refractivity contribution >= 4 is 75.9 Å². The average molecular weight is 1210 g/mol. The van der Waals surface area contributed by atoms with Gasteiger partial charge in [0.2, 0.25) is 59.1 Å². The molecule has 2 aromatic heterocycles. The zero-order chi connectivity index (χ0) is 64.7. The molecule has 27 heteroatoms. The number of nitrogens with one attached hydrogen (secondary N) is 11. The van der Waals surface area contributed by atoms with Crippen molar-refractivity contribution in [3.63, 3.8) is 0 Å². The number of aliphatic hydroxyl groups excluding tert-OH is 1. The highest BCUT2D eigenvalue weighted by atomic mass is 16.3. The minimum absolute atomic E-state index is 0.00169. The summed E-state index contributed by atoms with van der Waals surface area (Å²) in [7, 11) is 0. The fraction of sp³-hybridized carbons (Fsp3) is 0.533. The number of hydrogen-bond donors (Lipinski definition) is 15. The van der Waals surface area contributed by atoms with Crippen LogP contribution in [0.1, 0.15) is 111 Å². The molecule has 0 bridgehead atoms. The van der Waals surface area contributed by atoms with Crippen LogP contribution in [-0.2, 0) is 72.0 Å². The molecule has 2 heterocycles. The Morgan fingerprint density at radius 1 is 0.552 bits per heavy atom. The maximum absolute atomic E-state index is 14.3. The van der Waals surface area contributed by atoms with E-state index in [-0.39, 0.29) is 69.1 Å². The molecule has 4 aromatic rings. The van der Waals surface area contributed by atoms with Crippen molar-refractivity contribution in [2.24, 2.45) is 40.9 Å². The van der Waals surface area contributed by atoms with Gasteiger partial charge in [0.25, 0.3) is 5.91 Å². The van der Waals surface area contributed by atoms with Crippen molar-refractivity contribution in [1.29, 1.82) is 0 Å². The SMILES string of the molecule is CC(C)C[C@H](NC(=O)[C@H](CC(C)C)NC(=O)[C@H](O)[C@H](CC(C)C)NC(=O)[C@H](Cc1cnc[nH]1)NC(=O)CNC(=O)[C@@H](NC(=O)[C@H](C)NC(=O)[C@H](Cc1c[nH]c2ccccc12)NC(=O)[C@H](CCC(N)=O)NC(=O)[C@H](N)Cc1ccccc1)C(C)C)C(N)=O. The first kappa shape index (κ1) is 70.8. The summed E-state index contributed by atoms with van der Waals surface area (Å²) in [6.45, 7) is 14.8. The minimum Gasteiger partial charge on any atom is -0.381 e. The zero-order valence-corrected chi connectivity index (χ0v) is 51.0. The van der Waals surface area contributed by atoms with Crippen LogP contribution in [0.5, 0.6) is 0 Å². The van der Waals surface area contributed by atoms with Gasteiger partial charge in [0.05, 0.1) is 25.0 Å². The molecule has 18 N–H and O–H groups in total. The summed E-state index contributed by atoms with van der Waals surface area (Å²) >= 11 is 0. The smallest absolute Gasteiger partial charge is 0.251 e. The summed E-state index contributed by atoms with van der Waals surface area (Å²) in [5, 5.41) is 35.7. The lowest BCUT2D eigenvalue weighted by Crippen LogP contribution is -2.60. The number of rotatable bonds is 36. The number of carbonyl (C=O) groups is 11. The molecule has 87 heavy (non-hydrogen) atoms. The molecule has 476 valence electrons.